The molecule has 1 heterocycles. The summed E-state index contributed by atoms with van der Waals surface area (Å²) in [4.78, 5) is 28.4. The topological polar surface area (TPSA) is 85.2 Å². The first kappa shape index (κ1) is 16.4. The van der Waals surface area contributed by atoms with Gasteiger partial charge in [-0.25, -0.2) is 9.59 Å². The monoisotopic (exact) mass is 337 g/mol. The second-order valence-corrected chi connectivity index (χ2v) is 5.33. The Morgan fingerprint density at radius 1 is 1.00 bits per heavy atom. The Hall–Kier alpha value is -3.41. The van der Waals surface area contributed by atoms with Gasteiger partial charge in [-0.1, -0.05) is 30.3 Å². The van der Waals surface area contributed by atoms with E-state index in [1.54, 1.807) is 24.3 Å². The lowest BCUT2D eigenvalue weighted by molar-refractivity contribution is -0.152. The molecule has 2 aromatic rings. The van der Waals surface area contributed by atoms with E-state index in [9.17, 15) is 14.7 Å². The Morgan fingerprint density at radius 3 is 2.24 bits per heavy atom. The van der Waals surface area contributed by atoms with Crippen LogP contribution in [-0.2, 0) is 9.59 Å². The molecule has 0 saturated carbocycles. The highest BCUT2D eigenvalue weighted by molar-refractivity contribution is 6.19. The first-order valence-electron chi connectivity index (χ1n) is 7.49. The molecule has 126 valence electrons. The zero-order valence-electron chi connectivity index (χ0n) is 13.4. The molecule has 2 aromatic carbocycles. The van der Waals surface area contributed by atoms with E-state index < -0.39 is 17.5 Å². The van der Waals surface area contributed by atoms with Gasteiger partial charge in [0.25, 0.3) is 5.54 Å². The summed E-state index contributed by atoms with van der Waals surface area (Å²) in [6, 6.07) is 15.3. The molecule has 25 heavy (non-hydrogen) atoms. The number of allylic oxidation sites excluding steroid dienone is 1. The number of benzene rings is 2. The van der Waals surface area contributed by atoms with Crippen LogP contribution in [0.2, 0.25) is 0 Å². The van der Waals surface area contributed by atoms with Crippen LogP contribution in [0.25, 0.3) is 0 Å². The van der Waals surface area contributed by atoms with Crippen LogP contribution in [0.3, 0.4) is 0 Å². The summed E-state index contributed by atoms with van der Waals surface area (Å²) in [7, 11) is 1.52. The average Bonchev–Trinajstić information content (AvgIpc) is 3.10. The van der Waals surface area contributed by atoms with E-state index in [0.29, 0.717) is 11.5 Å². The first-order chi connectivity index (χ1) is 12.0. The minimum absolute atomic E-state index is 0.211. The molecular formula is C19H15NO5. The van der Waals surface area contributed by atoms with Crippen LogP contribution < -0.4 is 9.47 Å². The summed E-state index contributed by atoms with van der Waals surface area (Å²) in [5.41, 5.74) is -0.959. The lowest BCUT2D eigenvalue weighted by atomic mass is 10.0. The van der Waals surface area contributed by atoms with Crippen molar-refractivity contribution in [3.63, 3.8) is 0 Å². The maximum absolute atomic E-state index is 12.5. The molecule has 6 nitrogen and oxygen atoms in total. The van der Waals surface area contributed by atoms with Crippen LogP contribution in [0, 0.1) is 0 Å². The largest absolute Gasteiger partial charge is 0.497 e. The highest BCUT2D eigenvalue weighted by atomic mass is 16.5. The molecule has 0 bridgehead atoms. The van der Waals surface area contributed by atoms with Crippen molar-refractivity contribution in [1.29, 1.82) is 0 Å². The predicted molar refractivity (Wildman–Crippen MR) is 91.1 cm³/mol. The predicted octanol–water partition coefficient (Wildman–Crippen LogP) is 2.48. The van der Waals surface area contributed by atoms with Crippen molar-refractivity contribution in [3.05, 3.63) is 72.3 Å². The molecule has 1 N–H and O–H groups in total. The highest BCUT2D eigenvalue weighted by Crippen LogP contribution is 2.26. The van der Waals surface area contributed by atoms with Crippen molar-refractivity contribution in [3.8, 4) is 11.5 Å². The molecule has 0 amide bonds. The third kappa shape index (κ3) is 3.14. The molecule has 1 unspecified atom stereocenters. The fraction of sp³-hybridized carbons (Fsp3) is 0.105. The van der Waals surface area contributed by atoms with Crippen LogP contribution in [0.4, 0.5) is 0 Å². The quantitative estimate of drug-likeness (QED) is 0.515. The average molecular weight is 337 g/mol. The van der Waals surface area contributed by atoms with E-state index in [4.69, 9.17) is 9.47 Å². The van der Waals surface area contributed by atoms with E-state index in [1.165, 1.54) is 31.4 Å². The fourth-order valence-corrected chi connectivity index (χ4v) is 2.38. The van der Waals surface area contributed by atoms with Gasteiger partial charge in [0.1, 0.15) is 11.5 Å². The van der Waals surface area contributed by atoms with Crippen LogP contribution in [0.1, 0.15) is 5.56 Å². The molecule has 6 heteroatoms. The van der Waals surface area contributed by atoms with Gasteiger partial charge in [-0.2, -0.15) is 0 Å². The van der Waals surface area contributed by atoms with Crippen molar-refractivity contribution in [2.75, 3.05) is 7.11 Å². The molecule has 0 radical (unpaired) electrons. The van der Waals surface area contributed by atoms with E-state index in [0.717, 1.165) is 5.56 Å². The van der Waals surface area contributed by atoms with Crippen molar-refractivity contribution in [2.24, 2.45) is 4.99 Å². The van der Waals surface area contributed by atoms with Gasteiger partial charge < -0.3 is 14.6 Å². The molecule has 3 rings (SSSR count). The van der Waals surface area contributed by atoms with E-state index in [-0.39, 0.29) is 5.75 Å². The van der Waals surface area contributed by atoms with E-state index in [1.807, 2.05) is 18.2 Å². The van der Waals surface area contributed by atoms with Crippen LogP contribution in [0.15, 0.2) is 71.7 Å². The number of esters is 1. The summed E-state index contributed by atoms with van der Waals surface area (Å²) >= 11 is 0. The first-order valence-corrected chi connectivity index (χ1v) is 7.49. The van der Waals surface area contributed by atoms with Crippen LogP contribution in [-0.4, -0.2) is 35.4 Å². The SMILES string of the molecule is COc1ccc(OC(=O)C2(C(=O)O)C=CC(c3ccccc3)=N2)cc1. The number of hydrogen-bond acceptors (Lipinski definition) is 5. The Kier molecular flexibility index (Phi) is 4.35. The number of nitrogens with zero attached hydrogens (tertiary/aromatic N) is 1. The molecule has 1 aliphatic heterocycles. The van der Waals surface area contributed by atoms with Gasteiger partial charge in [-0.15, -0.1) is 0 Å². The summed E-state index contributed by atoms with van der Waals surface area (Å²) in [5.74, 6) is -1.57. The van der Waals surface area contributed by atoms with Gasteiger partial charge in [0.15, 0.2) is 0 Å². The Morgan fingerprint density at radius 2 is 1.64 bits per heavy atom. The number of ether oxygens (including phenoxy) is 2. The number of carbonyl (C=O) groups excluding carboxylic acids is 1. The van der Waals surface area contributed by atoms with Crippen molar-refractivity contribution >= 4 is 17.7 Å². The number of carbonyl (C=O) groups is 2. The summed E-state index contributed by atoms with van der Waals surface area (Å²) in [5, 5.41) is 9.58. The third-order valence-corrected chi connectivity index (χ3v) is 3.76. The van der Waals surface area contributed by atoms with Gasteiger partial charge >= 0.3 is 11.9 Å². The molecular weight excluding hydrogens is 322 g/mol. The zero-order chi connectivity index (χ0) is 17.9. The minimum atomic E-state index is -2.09. The van der Waals surface area contributed by atoms with Gasteiger partial charge in [0.2, 0.25) is 0 Å². The van der Waals surface area contributed by atoms with E-state index in [2.05, 4.69) is 4.99 Å². The van der Waals surface area contributed by atoms with Crippen molar-refractivity contribution in [2.45, 2.75) is 5.54 Å². The second kappa shape index (κ2) is 6.60. The number of aliphatic imine (C=N–C) groups is 1. The molecule has 1 atom stereocenters. The maximum Gasteiger partial charge on any atom is 0.355 e. The maximum atomic E-state index is 12.5. The van der Waals surface area contributed by atoms with Crippen molar-refractivity contribution in [1.82, 2.24) is 0 Å². The van der Waals surface area contributed by atoms with Gasteiger partial charge in [0.05, 0.1) is 12.8 Å². The lowest BCUT2D eigenvalue weighted by Gasteiger charge is -2.17. The van der Waals surface area contributed by atoms with Gasteiger partial charge in [-0.3, -0.25) is 4.99 Å². The summed E-state index contributed by atoms with van der Waals surface area (Å²) in [6.07, 6.45) is 2.75. The Bertz CT molecular complexity index is 855. The summed E-state index contributed by atoms with van der Waals surface area (Å²) in [6.45, 7) is 0. The van der Waals surface area contributed by atoms with Crippen molar-refractivity contribution < 1.29 is 24.2 Å². The Balaban J connectivity index is 1.88. The van der Waals surface area contributed by atoms with Gasteiger partial charge in [0, 0.05) is 0 Å². The smallest absolute Gasteiger partial charge is 0.355 e. The number of aliphatic carboxylic acids is 1. The number of methoxy groups -OCH3 is 1. The molecule has 0 fully saturated rings. The zero-order valence-corrected chi connectivity index (χ0v) is 13.4. The lowest BCUT2D eigenvalue weighted by Crippen LogP contribution is -2.45. The number of rotatable bonds is 5. The Labute approximate surface area is 144 Å². The van der Waals surface area contributed by atoms with E-state index >= 15 is 0 Å². The highest BCUT2D eigenvalue weighted by Gasteiger charge is 2.48. The fourth-order valence-electron chi connectivity index (χ4n) is 2.38. The van der Waals surface area contributed by atoms with Crippen LogP contribution >= 0.6 is 0 Å². The second-order valence-electron chi connectivity index (χ2n) is 5.33. The third-order valence-electron chi connectivity index (χ3n) is 3.76. The molecule has 0 aliphatic carbocycles. The number of hydrogen-bond donors (Lipinski definition) is 1. The molecule has 1 aliphatic rings. The number of carboxylic acids is 1. The molecule has 0 saturated heterocycles. The number of carboxylic acid groups (broad SMARTS) is 1. The molecule has 0 spiro atoms. The summed E-state index contributed by atoms with van der Waals surface area (Å²) < 4.78 is 10.2. The van der Waals surface area contributed by atoms with Crippen LogP contribution in [0.5, 0.6) is 11.5 Å². The normalized spacial score (nSPS) is 18.5. The standard InChI is InChI=1S/C19H15NO5/c1-24-14-7-9-15(10-8-14)25-18(23)19(17(21)22)12-11-16(20-19)13-5-3-2-4-6-13/h2-12H,1H3,(H,21,22). The minimum Gasteiger partial charge on any atom is -0.497 e. The molecule has 0 aromatic heterocycles. The van der Waals surface area contributed by atoms with Gasteiger partial charge in [-0.05, 0) is 42.0 Å².